The lowest BCUT2D eigenvalue weighted by molar-refractivity contribution is 0.102. The monoisotopic (exact) mass is 530 g/mol. The molecule has 3 atom stereocenters. The first-order valence-electron chi connectivity index (χ1n) is 11.3. The number of nitrogens with zero attached hydrogens (tertiary/aromatic N) is 4. The number of fused-ring (bicyclic) bond motifs is 1. The molecule has 0 spiro atoms. The summed E-state index contributed by atoms with van der Waals surface area (Å²) in [5.41, 5.74) is 5.67. The fourth-order valence-corrected chi connectivity index (χ4v) is 6.14. The molecule has 194 valence electrons. The Kier molecular flexibility index (Phi) is 6.36. The molecule has 0 radical (unpaired) electrons. The summed E-state index contributed by atoms with van der Waals surface area (Å²) < 4.78 is 45.3. The van der Waals surface area contributed by atoms with Gasteiger partial charge >= 0.3 is 0 Å². The van der Waals surface area contributed by atoms with Gasteiger partial charge in [0.05, 0.1) is 35.0 Å². The zero-order valence-corrected chi connectivity index (χ0v) is 21.1. The van der Waals surface area contributed by atoms with Crippen LogP contribution in [0, 0.1) is 24.5 Å². The van der Waals surface area contributed by atoms with E-state index in [0.717, 1.165) is 11.8 Å². The van der Waals surface area contributed by atoms with Crippen LogP contribution in [0.3, 0.4) is 0 Å². The molecule has 2 aliphatic rings. The largest absolute Gasteiger partial charge is 0.468 e. The van der Waals surface area contributed by atoms with Gasteiger partial charge in [-0.15, -0.1) is 0 Å². The van der Waals surface area contributed by atoms with Gasteiger partial charge in [0, 0.05) is 36.4 Å². The molecule has 1 aromatic carbocycles. The van der Waals surface area contributed by atoms with Crippen LogP contribution in [-0.2, 0) is 16.9 Å². The minimum atomic E-state index is -1.12. The normalized spacial score (nSPS) is 24.2. The smallest absolute Gasteiger partial charge is 0.275 e. The second kappa shape index (κ2) is 9.38. The average molecular weight is 531 g/mol. The van der Waals surface area contributed by atoms with Crippen molar-refractivity contribution in [1.29, 1.82) is 0 Å². The quantitative estimate of drug-likeness (QED) is 0.448. The molecule has 5 rings (SSSR count). The number of aliphatic imine (C=N–C) groups is 1. The molecule has 10 nitrogen and oxygen atoms in total. The van der Waals surface area contributed by atoms with Crippen molar-refractivity contribution < 1.29 is 27.6 Å². The zero-order valence-electron chi connectivity index (χ0n) is 20.2. The van der Waals surface area contributed by atoms with Gasteiger partial charge in [-0.25, -0.2) is 18.7 Å². The van der Waals surface area contributed by atoms with E-state index in [1.165, 1.54) is 30.2 Å². The zero-order chi connectivity index (χ0) is 26.4. The maximum absolute atomic E-state index is 15.1. The molecule has 1 aliphatic heterocycles. The fraction of sp³-hybridized carbons (Fsp3) is 0.375. The van der Waals surface area contributed by atoms with E-state index >= 15 is 4.39 Å². The molecule has 3 aromatic rings. The van der Waals surface area contributed by atoms with Crippen LogP contribution in [0.1, 0.15) is 40.9 Å². The Morgan fingerprint density at radius 3 is 2.78 bits per heavy atom. The standard InChI is InChI=1S/C24H24F2N6O4S/c1-12-4-14(36-32-12)10-35-19-9-28-17(8-29-19)21(33)30-13-5-15(20(26)16(25)6-13)23(2)18-7-24(18,11-34-3)37-22(27)31-23/h4-6,8-9,18H,7,10-11H2,1-3H3,(H2,27,31)(H,30,33)/t18?,23-,24-/m1/s1. The number of aryl methyl sites for hydroxylation is 1. The van der Waals surface area contributed by atoms with Gasteiger partial charge in [-0.3, -0.25) is 9.79 Å². The summed E-state index contributed by atoms with van der Waals surface area (Å²) in [6.07, 6.45) is 3.17. The number of hydrogen-bond donors (Lipinski definition) is 2. The van der Waals surface area contributed by atoms with Crippen molar-refractivity contribution in [3.05, 3.63) is 64.9 Å². The van der Waals surface area contributed by atoms with Gasteiger partial charge in [0.1, 0.15) is 5.69 Å². The summed E-state index contributed by atoms with van der Waals surface area (Å²) >= 11 is 1.39. The van der Waals surface area contributed by atoms with Crippen LogP contribution in [0.2, 0.25) is 0 Å². The molecular weight excluding hydrogens is 506 g/mol. The van der Waals surface area contributed by atoms with Crippen LogP contribution in [0.25, 0.3) is 0 Å². The molecule has 1 amide bonds. The predicted molar refractivity (Wildman–Crippen MR) is 131 cm³/mol. The number of methoxy groups -OCH3 is 1. The number of aromatic nitrogens is 3. The molecule has 0 saturated heterocycles. The molecule has 3 N–H and O–H groups in total. The number of carbonyl (C=O) groups excluding carboxylic acids is 1. The van der Waals surface area contributed by atoms with Crippen LogP contribution in [0.5, 0.6) is 5.88 Å². The van der Waals surface area contributed by atoms with E-state index < -0.39 is 23.1 Å². The highest BCUT2D eigenvalue weighted by Crippen LogP contribution is 2.66. The summed E-state index contributed by atoms with van der Waals surface area (Å²) in [5.74, 6) is -2.24. The van der Waals surface area contributed by atoms with Crippen molar-refractivity contribution >= 4 is 28.5 Å². The van der Waals surface area contributed by atoms with Crippen LogP contribution < -0.4 is 15.8 Å². The van der Waals surface area contributed by atoms with E-state index in [-0.39, 0.29) is 45.3 Å². The summed E-state index contributed by atoms with van der Waals surface area (Å²) in [7, 11) is 1.58. The number of amidine groups is 1. The molecule has 1 unspecified atom stereocenters. The highest BCUT2D eigenvalue weighted by molar-refractivity contribution is 8.15. The number of benzene rings is 1. The summed E-state index contributed by atoms with van der Waals surface area (Å²) in [4.78, 5) is 25.4. The number of hydrogen-bond acceptors (Lipinski definition) is 10. The van der Waals surface area contributed by atoms with Crippen molar-refractivity contribution in [2.24, 2.45) is 16.6 Å². The summed E-state index contributed by atoms with van der Waals surface area (Å²) in [5, 5.41) is 6.60. The van der Waals surface area contributed by atoms with Gasteiger partial charge in [-0.2, -0.15) is 0 Å². The van der Waals surface area contributed by atoms with Crippen LogP contribution >= 0.6 is 11.8 Å². The minimum Gasteiger partial charge on any atom is -0.468 e. The average Bonchev–Trinajstić information content (AvgIpc) is 3.42. The molecule has 1 saturated carbocycles. The topological polar surface area (TPSA) is 138 Å². The number of rotatable bonds is 8. The minimum absolute atomic E-state index is 0.00603. The molecule has 1 fully saturated rings. The van der Waals surface area contributed by atoms with Gasteiger partial charge in [0.25, 0.3) is 5.91 Å². The Bertz CT molecular complexity index is 1380. The van der Waals surface area contributed by atoms with Crippen LogP contribution in [0.4, 0.5) is 14.5 Å². The molecule has 2 aromatic heterocycles. The van der Waals surface area contributed by atoms with Crippen molar-refractivity contribution in [2.45, 2.75) is 37.2 Å². The van der Waals surface area contributed by atoms with E-state index in [9.17, 15) is 9.18 Å². The third-order valence-corrected chi connectivity index (χ3v) is 7.75. The first kappa shape index (κ1) is 25.1. The van der Waals surface area contributed by atoms with Gasteiger partial charge < -0.3 is 25.0 Å². The van der Waals surface area contributed by atoms with Gasteiger partial charge in [0.15, 0.2) is 29.2 Å². The Labute approximate surface area is 215 Å². The Balaban J connectivity index is 1.33. The number of anilines is 1. The van der Waals surface area contributed by atoms with E-state index in [1.807, 2.05) is 0 Å². The highest BCUT2D eigenvalue weighted by atomic mass is 32.2. The summed E-state index contributed by atoms with van der Waals surface area (Å²) in [6, 6.07) is 4.01. The predicted octanol–water partition coefficient (Wildman–Crippen LogP) is 3.56. The number of halogens is 2. The molecule has 0 bridgehead atoms. The Hall–Kier alpha value is -3.58. The maximum Gasteiger partial charge on any atom is 0.275 e. The van der Waals surface area contributed by atoms with Crippen LogP contribution in [-0.4, -0.2) is 44.7 Å². The van der Waals surface area contributed by atoms with Crippen LogP contribution in [0.15, 0.2) is 40.1 Å². The number of thioether (sulfide) groups is 1. The molecule has 1 aliphatic carbocycles. The van der Waals surface area contributed by atoms with Gasteiger partial charge in [-0.05, 0) is 26.3 Å². The first-order chi connectivity index (χ1) is 17.6. The van der Waals surface area contributed by atoms with Crippen molar-refractivity contribution in [3.8, 4) is 5.88 Å². The van der Waals surface area contributed by atoms with Crippen molar-refractivity contribution in [3.63, 3.8) is 0 Å². The lowest BCUT2D eigenvalue weighted by Crippen LogP contribution is -2.38. The van der Waals surface area contributed by atoms with Gasteiger partial charge in [-0.1, -0.05) is 16.9 Å². The number of nitrogens with one attached hydrogen (secondary N) is 1. The lowest BCUT2D eigenvalue weighted by Gasteiger charge is -2.34. The molecular formula is C24H24F2N6O4S. The van der Waals surface area contributed by atoms with Gasteiger partial charge in [0.2, 0.25) is 5.88 Å². The second-order valence-electron chi connectivity index (χ2n) is 9.19. The molecule has 13 heteroatoms. The van der Waals surface area contributed by atoms with E-state index in [2.05, 4.69) is 25.4 Å². The molecule has 3 heterocycles. The molecule has 37 heavy (non-hydrogen) atoms. The maximum atomic E-state index is 15.1. The lowest BCUT2D eigenvalue weighted by atomic mass is 9.85. The number of amides is 1. The van der Waals surface area contributed by atoms with Crippen molar-refractivity contribution in [1.82, 2.24) is 15.1 Å². The number of carbonyl (C=O) groups is 1. The fourth-order valence-electron chi connectivity index (χ4n) is 4.69. The SMILES string of the molecule is COC[C@]12CC1[C@@](C)(c1cc(NC(=O)c3cnc(OCc4cc(C)no4)cn3)cc(F)c1F)N=C(N)S2. The first-order valence-corrected chi connectivity index (χ1v) is 12.2. The van der Waals surface area contributed by atoms with E-state index in [4.69, 9.17) is 19.7 Å². The van der Waals surface area contributed by atoms with Crippen molar-refractivity contribution in [2.75, 3.05) is 19.0 Å². The van der Waals surface area contributed by atoms with E-state index in [0.29, 0.717) is 18.8 Å². The third-order valence-electron chi connectivity index (χ3n) is 6.47. The number of nitrogens with two attached hydrogens (primary N) is 1. The Morgan fingerprint density at radius 2 is 2.11 bits per heavy atom. The highest BCUT2D eigenvalue weighted by Gasteiger charge is 2.66. The number of ether oxygens (including phenoxy) is 2. The second-order valence-corrected chi connectivity index (χ2v) is 10.6. The third kappa shape index (κ3) is 4.76. The van der Waals surface area contributed by atoms with E-state index in [1.54, 1.807) is 27.0 Å². The summed E-state index contributed by atoms with van der Waals surface area (Å²) in [6.45, 7) is 4.00. The Morgan fingerprint density at radius 1 is 1.30 bits per heavy atom.